The second kappa shape index (κ2) is 2.46. The lowest BCUT2D eigenvalue weighted by atomic mass is 10.1. The first-order valence-corrected chi connectivity index (χ1v) is 3.23. The highest BCUT2D eigenvalue weighted by Crippen LogP contribution is 2.14. The molecule has 1 heterocycles. The number of aliphatic hydroxyl groups is 1. The highest BCUT2D eigenvalue weighted by atomic mass is 16.3. The zero-order valence-electron chi connectivity index (χ0n) is 5.30. The lowest BCUT2D eigenvalue weighted by Crippen LogP contribution is -2.49. The molecule has 0 spiro atoms. The van der Waals surface area contributed by atoms with Gasteiger partial charge in [0.2, 0.25) is 0 Å². The van der Waals surface area contributed by atoms with Crippen molar-refractivity contribution in [3.63, 3.8) is 0 Å². The van der Waals surface area contributed by atoms with Crippen LogP contribution in [0.2, 0.25) is 0 Å². The average Bonchev–Trinajstić information content (AvgIpc) is 1.66. The van der Waals surface area contributed by atoms with E-state index in [0.717, 1.165) is 6.54 Å². The van der Waals surface area contributed by atoms with Crippen LogP contribution in [-0.2, 0) is 0 Å². The summed E-state index contributed by atoms with van der Waals surface area (Å²) in [5.41, 5.74) is 0. The fraction of sp³-hybridized carbons (Fsp3) is 1.00. The number of likely N-dealkylation sites (tertiary alicyclic amines) is 1. The normalized spacial score (nSPS) is 30.0. The Morgan fingerprint density at radius 2 is 2.50 bits per heavy atom. The molecule has 2 heteroatoms. The number of rotatable bonds is 2. The molecule has 0 amide bonds. The predicted molar refractivity (Wildman–Crippen MR) is 32.7 cm³/mol. The van der Waals surface area contributed by atoms with Crippen LogP contribution >= 0.6 is 0 Å². The molecule has 0 saturated carbocycles. The molecule has 8 heavy (non-hydrogen) atoms. The van der Waals surface area contributed by atoms with Gasteiger partial charge in [-0.3, -0.25) is 4.90 Å². The van der Waals surface area contributed by atoms with Crippen molar-refractivity contribution in [2.45, 2.75) is 19.4 Å². The van der Waals surface area contributed by atoms with Crippen LogP contribution in [0.5, 0.6) is 0 Å². The highest BCUT2D eigenvalue weighted by Gasteiger charge is 2.24. The van der Waals surface area contributed by atoms with Crippen LogP contribution < -0.4 is 0 Å². The van der Waals surface area contributed by atoms with Crippen LogP contribution in [0.15, 0.2) is 0 Å². The van der Waals surface area contributed by atoms with E-state index in [4.69, 9.17) is 5.11 Å². The topological polar surface area (TPSA) is 23.5 Å². The number of hydrogen-bond donors (Lipinski definition) is 1. The van der Waals surface area contributed by atoms with Crippen molar-refractivity contribution in [3.05, 3.63) is 0 Å². The van der Waals surface area contributed by atoms with Gasteiger partial charge < -0.3 is 5.11 Å². The molecule has 1 saturated heterocycles. The van der Waals surface area contributed by atoms with Crippen LogP contribution in [0.3, 0.4) is 0 Å². The van der Waals surface area contributed by atoms with E-state index in [1.165, 1.54) is 13.0 Å². The summed E-state index contributed by atoms with van der Waals surface area (Å²) in [4.78, 5) is 2.28. The van der Waals surface area contributed by atoms with E-state index >= 15 is 0 Å². The summed E-state index contributed by atoms with van der Waals surface area (Å²) in [5.74, 6) is 0. The monoisotopic (exact) mass is 115 g/mol. The Labute approximate surface area is 50.1 Å². The van der Waals surface area contributed by atoms with Gasteiger partial charge >= 0.3 is 0 Å². The third-order valence-electron chi connectivity index (χ3n) is 1.88. The summed E-state index contributed by atoms with van der Waals surface area (Å²) in [6.45, 7) is 4.74. The minimum absolute atomic E-state index is 0.341. The Bertz CT molecular complexity index is 60.9. The van der Waals surface area contributed by atoms with E-state index < -0.39 is 0 Å². The van der Waals surface area contributed by atoms with Gasteiger partial charge in [-0.05, 0) is 13.0 Å². The van der Waals surface area contributed by atoms with Gasteiger partial charge in [0, 0.05) is 12.6 Å². The first-order valence-electron chi connectivity index (χ1n) is 3.23. The molecule has 0 aliphatic carbocycles. The predicted octanol–water partition coefficient (Wildman–Crippen LogP) is 0.0729. The lowest BCUT2D eigenvalue weighted by Gasteiger charge is -2.38. The van der Waals surface area contributed by atoms with Gasteiger partial charge in [-0.15, -0.1) is 0 Å². The Kier molecular flexibility index (Phi) is 1.86. The van der Waals surface area contributed by atoms with E-state index in [1.54, 1.807) is 0 Å². The summed E-state index contributed by atoms with van der Waals surface area (Å²) < 4.78 is 0. The SMILES string of the molecule is CCN1CCC1CO. The zero-order chi connectivity index (χ0) is 5.98. The standard InChI is InChI=1S/C6H13NO/c1-2-7-4-3-6(7)5-8/h6,8H,2-5H2,1H3. The van der Waals surface area contributed by atoms with Gasteiger partial charge in [0.25, 0.3) is 0 Å². The van der Waals surface area contributed by atoms with Gasteiger partial charge in [-0.1, -0.05) is 6.92 Å². The Morgan fingerprint density at radius 1 is 1.75 bits per heavy atom. The van der Waals surface area contributed by atoms with E-state index in [0.29, 0.717) is 12.6 Å². The van der Waals surface area contributed by atoms with E-state index in [2.05, 4.69) is 11.8 Å². The summed E-state index contributed by atoms with van der Waals surface area (Å²) in [5, 5.41) is 8.65. The minimum atomic E-state index is 0.341. The molecule has 1 unspecified atom stereocenters. The second-order valence-electron chi connectivity index (χ2n) is 2.25. The summed E-state index contributed by atoms with van der Waals surface area (Å²) in [6.07, 6.45) is 1.18. The summed E-state index contributed by atoms with van der Waals surface area (Å²) in [7, 11) is 0. The second-order valence-corrected chi connectivity index (χ2v) is 2.25. The largest absolute Gasteiger partial charge is 0.395 e. The first kappa shape index (κ1) is 6.05. The van der Waals surface area contributed by atoms with Crippen molar-refractivity contribution in [3.8, 4) is 0 Å². The van der Waals surface area contributed by atoms with E-state index in [9.17, 15) is 0 Å². The highest BCUT2D eigenvalue weighted by molar-refractivity contribution is 4.80. The van der Waals surface area contributed by atoms with Crippen molar-refractivity contribution >= 4 is 0 Å². The van der Waals surface area contributed by atoms with Gasteiger partial charge in [0.15, 0.2) is 0 Å². The minimum Gasteiger partial charge on any atom is -0.395 e. The summed E-state index contributed by atoms with van der Waals surface area (Å²) in [6, 6.07) is 0.486. The molecule has 0 radical (unpaired) electrons. The Morgan fingerprint density at radius 3 is 2.62 bits per heavy atom. The number of aliphatic hydroxyl groups excluding tert-OH is 1. The van der Waals surface area contributed by atoms with E-state index in [-0.39, 0.29) is 0 Å². The zero-order valence-corrected chi connectivity index (χ0v) is 5.30. The quantitative estimate of drug-likeness (QED) is 0.550. The molecule has 1 N–H and O–H groups in total. The maximum Gasteiger partial charge on any atom is 0.0587 e. The molecule has 48 valence electrons. The van der Waals surface area contributed by atoms with Crippen molar-refractivity contribution in [2.75, 3.05) is 19.7 Å². The number of likely N-dealkylation sites (N-methyl/N-ethyl adjacent to an activating group) is 1. The van der Waals surface area contributed by atoms with E-state index in [1.807, 2.05) is 0 Å². The summed E-state index contributed by atoms with van der Waals surface area (Å²) >= 11 is 0. The molecule has 0 bridgehead atoms. The van der Waals surface area contributed by atoms with Crippen LogP contribution in [0, 0.1) is 0 Å². The van der Waals surface area contributed by atoms with Crippen molar-refractivity contribution in [2.24, 2.45) is 0 Å². The first-order chi connectivity index (χ1) is 3.88. The van der Waals surface area contributed by atoms with Crippen molar-refractivity contribution in [1.82, 2.24) is 4.90 Å². The third-order valence-corrected chi connectivity index (χ3v) is 1.88. The fourth-order valence-electron chi connectivity index (χ4n) is 1.12. The molecule has 2 nitrogen and oxygen atoms in total. The molecular formula is C6H13NO. The number of hydrogen-bond acceptors (Lipinski definition) is 2. The lowest BCUT2D eigenvalue weighted by molar-refractivity contribution is 0.0476. The fourth-order valence-corrected chi connectivity index (χ4v) is 1.12. The molecular weight excluding hydrogens is 102 g/mol. The van der Waals surface area contributed by atoms with Crippen LogP contribution in [0.25, 0.3) is 0 Å². The maximum absolute atomic E-state index is 8.65. The molecule has 0 aromatic heterocycles. The third kappa shape index (κ3) is 0.858. The number of nitrogens with zero attached hydrogens (tertiary/aromatic N) is 1. The Balaban J connectivity index is 2.16. The molecule has 1 aliphatic rings. The van der Waals surface area contributed by atoms with Gasteiger partial charge in [-0.2, -0.15) is 0 Å². The van der Waals surface area contributed by atoms with Crippen LogP contribution in [-0.4, -0.2) is 35.7 Å². The van der Waals surface area contributed by atoms with Gasteiger partial charge in [-0.25, -0.2) is 0 Å². The van der Waals surface area contributed by atoms with Gasteiger partial charge in [0.1, 0.15) is 0 Å². The molecule has 0 aromatic rings. The van der Waals surface area contributed by atoms with Crippen molar-refractivity contribution in [1.29, 1.82) is 0 Å². The molecule has 1 rings (SSSR count). The molecule has 1 atom stereocenters. The molecule has 0 aromatic carbocycles. The van der Waals surface area contributed by atoms with Gasteiger partial charge in [0.05, 0.1) is 6.61 Å². The van der Waals surface area contributed by atoms with Crippen molar-refractivity contribution < 1.29 is 5.11 Å². The maximum atomic E-state index is 8.65. The molecule has 1 fully saturated rings. The molecule has 1 aliphatic heterocycles. The average molecular weight is 115 g/mol. The van der Waals surface area contributed by atoms with Crippen LogP contribution in [0.4, 0.5) is 0 Å². The smallest absolute Gasteiger partial charge is 0.0587 e. The Hall–Kier alpha value is -0.0800. The van der Waals surface area contributed by atoms with Crippen LogP contribution in [0.1, 0.15) is 13.3 Å².